The van der Waals surface area contributed by atoms with Gasteiger partial charge >= 0.3 is 0 Å². The normalized spacial score (nSPS) is 14.5. The van der Waals surface area contributed by atoms with E-state index in [2.05, 4.69) is 5.32 Å². The first-order valence-electron chi connectivity index (χ1n) is 12.0. The molecular weight excluding hydrogens is 444 g/mol. The molecule has 1 saturated carbocycles. The van der Waals surface area contributed by atoms with Crippen LogP contribution in [0.5, 0.6) is 0 Å². The van der Waals surface area contributed by atoms with E-state index in [-0.39, 0.29) is 30.8 Å². The molecular formula is C29H31ClN2O2. The number of rotatable bonds is 9. The molecule has 0 aliphatic heterocycles. The Labute approximate surface area is 206 Å². The van der Waals surface area contributed by atoms with Crippen molar-refractivity contribution < 1.29 is 9.59 Å². The molecule has 0 radical (unpaired) electrons. The molecule has 0 heterocycles. The monoisotopic (exact) mass is 474 g/mol. The van der Waals surface area contributed by atoms with E-state index in [4.69, 9.17) is 11.6 Å². The summed E-state index contributed by atoms with van der Waals surface area (Å²) in [6, 6.07) is 26.6. The third kappa shape index (κ3) is 6.48. The molecule has 3 aromatic rings. The molecule has 0 saturated heterocycles. The van der Waals surface area contributed by atoms with Gasteiger partial charge in [0.05, 0.1) is 6.42 Å². The van der Waals surface area contributed by atoms with Gasteiger partial charge < -0.3 is 10.2 Å². The van der Waals surface area contributed by atoms with Crippen molar-refractivity contribution in [1.29, 1.82) is 0 Å². The molecule has 5 heteroatoms. The Morgan fingerprint density at radius 1 is 0.853 bits per heavy atom. The van der Waals surface area contributed by atoms with Crippen molar-refractivity contribution in [3.63, 3.8) is 0 Å². The molecule has 2 amide bonds. The lowest BCUT2D eigenvalue weighted by molar-refractivity contribution is -0.141. The number of nitrogens with one attached hydrogen (secondary N) is 1. The smallest absolute Gasteiger partial charge is 0.243 e. The van der Waals surface area contributed by atoms with E-state index in [1.54, 1.807) is 4.90 Å². The molecule has 1 aliphatic carbocycles. The lowest BCUT2D eigenvalue weighted by Gasteiger charge is -2.32. The minimum absolute atomic E-state index is 0.0892. The van der Waals surface area contributed by atoms with Crippen molar-refractivity contribution in [2.75, 3.05) is 0 Å². The van der Waals surface area contributed by atoms with Crippen LogP contribution in [0, 0.1) is 0 Å². The predicted octanol–water partition coefficient (Wildman–Crippen LogP) is 5.58. The minimum atomic E-state index is -0.629. The highest BCUT2D eigenvalue weighted by Gasteiger charge is 2.32. The fourth-order valence-corrected chi connectivity index (χ4v) is 4.80. The topological polar surface area (TPSA) is 49.4 Å². The number of carbonyl (C=O) groups excluding carboxylic acids is 2. The fraction of sp³-hybridized carbons (Fsp3) is 0.310. The maximum atomic E-state index is 13.7. The molecule has 176 valence electrons. The van der Waals surface area contributed by atoms with E-state index in [9.17, 15) is 9.59 Å². The van der Waals surface area contributed by atoms with Crippen molar-refractivity contribution in [2.24, 2.45) is 0 Å². The molecule has 1 atom stereocenters. The van der Waals surface area contributed by atoms with E-state index in [1.165, 1.54) is 0 Å². The number of benzene rings is 3. The Balaban J connectivity index is 1.66. The molecule has 1 fully saturated rings. The number of nitrogens with zero attached hydrogens (tertiary/aromatic N) is 1. The number of amides is 2. The Hall–Kier alpha value is -3.11. The lowest BCUT2D eigenvalue weighted by atomic mass is 10.0. The average molecular weight is 475 g/mol. The van der Waals surface area contributed by atoms with Crippen LogP contribution in [-0.2, 0) is 29.0 Å². The third-order valence-corrected chi connectivity index (χ3v) is 6.84. The second-order valence-corrected chi connectivity index (χ2v) is 9.38. The molecule has 0 aromatic heterocycles. The van der Waals surface area contributed by atoms with Crippen molar-refractivity contribution in [3.8, 4) is 0 Å². The maximum absolute atomic E-state index is 13.7. The fourth-order valence-electron chi connectivity index (χ4n) is 4.60. The first-order chi connectivity index (χ1) is 16.6. The summed E-state index contributed by atoms with van der Waals surface area (Å²) in [6.07, 6.45) is 4.92. The Bertz CT molecular complexity index is 1080. The van der Waals surface area contributed by atoms with Gasteiger partial charge in [-0.3, -0.25) is 9.59 Å². The van der Waals surface area contributed by atoms with Gasteiger partial charge in [-0.2, -0.15) is 0 Å². The summed E-state index contributed by atoms with van der Waals surface area (Å²) in [4.78, 5) is 29.1. The molecule has 4 rings (SSSR count). The summed E-state index contributed by atoms with van der Waals surface area (Å²) in [6.45, 7) is 0.279. The van der Waals surface area contributed by atoms with Gasteiger partial charge in [-0.15, -0.1) is 0 Å². The van der Waals surface area contributed by atoms with Crippen LogP contribution in [0.3, 0.4) is 0 Å². The van der Waals surface area contributed by atoms with Crippen LogP contribution in [0.2, 0.25) is 5.02 Å². The zero-order valence-electron chi connectivity index (χ0n) is 19.3. The van der Waals surface area contributed by atoms with Gasteiger partial charge in [0.25, 0.3) is 0 Å². The summed E-state index contributed by atoms with van der Waals surface area (Å²) >= 11 is 6.48. The lowest BCUT2D eigenvalue weighted by Crippen LogP contribution is -2.52. The van der Waals surface area contributed by atoms with Crippen LogP contribution in [0.1, 0.15) is 42.4 Å². The zero-order chi connectivity index (χ0) is 23.8. The highest BCUT2D eigenvalue weighted by atomic mass is 35.5. The van der Waals surface area contributed by atoms with Crippen molar-refractivity contribution in [1.82, 2.24) is 10.2 Å². The minimum Gasteiger partial charge on any atom is -0.352 e. The standard InChI is InChI=1S/C29H31ClN2O2/c30-26-18-10-7-15-24(26)21-32(28(33)20-23-13-5-2-6-14-23)27(19-22-11-3-1-4-12-22)29(34)31-25-16-8-9-17-25/h1-7,10-15,18,25,27H,8-9,16-17,19-21H2,(H,31,34)/t27-/m0/s1. The van der Waals surface area contributed by atoms with Crippen LogP contribution in [0.15, 0.2) is 84.9 Å². The number of hydrogen-bond donors (Lipinski definition) is 1. The molecule has 1 N–H and O–H groups in total. The molecule has 0 spiro atoms. The van der Waals surface area contributed by atoms with E-state index >= 15 is 0 Å². The highest BCUT2D eigenvalue weighted by Crippen LogP contribution is 2.23. The molecule has 0 unspecified atom stereocenters. The molecule has 1 aliphatic rings. The second kappa shape index (κ2) is 11.8. The molecule has 34 heavy (non-hydrogen) atoms. The summed E-state index contributed by atoms with van der Waals surface area (Å²) < 4.78 is 0. The van der Waals surface area contributed by atoms with Crippen LogP contribution in [0.25, 0.3) is 0 Å². The van der Waals surface area contributed by atoms with E-state index < -0.39 is 6.04 Å². The van der Waals surface area contributed by atoms with Crippen LogP contribution < -0.4 is 5.32 Å². The number of carbonyl (C=O) groups is 2. The first kappa shape index (κ1) is 24.0. The molecule has 3 aromatic carbocycles. The van der Waals surface area contributed by atoms with E-state index in [0.29, 0.717) is 11.4 Å². The van der Waals surface area contributed by atoms with Crippen molar-refractivity contribution in [3.05, 3.63) is 107 Å². The zero-order valence-corrected chi connectivity index (χ0v) is 20.1. The van der Waals surface area contributed by atoms with Crippen LogP contribution >= 0.6 is 11.6 Å². The Kier molecular flexibility index (Phi) is 8.37. The Morgan fingerprint density at radius 3 is 2.09 bits per heavy atom. The highest BCUT2D eigenvalue weighted by molar-refractivity contribution is 6.31. The molecule has 4 nitrogen and oxygen atoms in total. The maximum Gasteiger partial charge on any atom is 0.243 e. The quantitative estimate of drug-likeness (QED) is 0.440. The summed E-state index contributed by atoms with van der Waals surface area (Å²) in [7, 11) is 0. The largest absolute Gasteiger partial charge is 0.352 e. The van der Waals surface area contributed by atoms with Crippen molar-refractivity contribution >= 4 is 23.4 Å². The Morgan fingerprint density at radius 2 is 1.44 bits per heavy atom. The number of hydrogen-bond acceptors (Lipinski definition) is 2. The summed E-state index contributed by atoms with van der Waals surface area (Å²) in [5.41, 5.74) is 2.77. The number of halogens is 1. The van der Waals surface area contributed by atoms with Crippen LogP contribution in [0.4, 0.5) is 0 Å². The van der Waals surface area contributed by atoms with Gasteiger partial charge in [-0.25, -0.2) is 0 Å². The summed E-state index contributed by atoms with van der Waals surface area (Å²) in [5, 5.41) is 3.83. The van der Waals surface area contributed by atoms with Gasteiger partial charge in [0.15, 0.2) is 0 Å². The molecule has 0 bridgehead atoms. The summed E-state index contributed by atoms with van der Waals surface area (Å²) in [5.74, 6) is -0.183. The van der Waals surface area contributed by atoms with E-state index in [1.807, 2.05) is 84.9 Å². The predicted molar refractivity (Wildman–Crippen MR) is 136 cm³/mol. The van der Waals surface area contributed by atoms with E-state index in [0.717, 1.165) is 42.4 Å². The van der Waals surface area contributed by atoms with Gasteiger partial charge in [0.2, 0.25) is 11.8 Å². The first-order valence-corrected chi connectivity index (χ1v) is 12.4. The van der Waals surface area contributed by atoms with Gasteiger partial charge in [0.1, 0.15) is 6.04 Å². The van der Waals surface area contributed by atoms with Crippen LogP contribution in [-0.4, -0.2) is 28.8 Å². The van der Waals surface area contributed by atoms with Gasteiger partial charge in [-0.05, 0) is 35.6 Å². The van der Waals surface area contributed by atoms with Crippen molar-refractivity contribution in [2.45, 2.75) is 57.2 Å². The third-order valence-electron chi connectivity index (χ3n) is 6.47. The van der Waals surface area contributed by atoms with Gasteiger partial charge in [-0.1, -0.05) is 103 Å². The average Bonchev–Trinajstić information content (AvgIpc) is 3.36. The second-order valence-electron chi connectivity index (χ2n) is 8.97. The SMILES string of the molecule is O=C(NC1CCCC1)[C@H](Cc1ccccc1)N(Cc1ccccc1Cl)C(=O)Cc1ccccc1. The van der Waals surface area contributed by atoms with Gasteiger partial charge in [0, 0.05) is 24.0 Å².